The number of aromatic nitrogens is 2. The third-order valence-corrected chi connectivity index (χ3v) is 4.64. The van der Waals surface area contributed by atoms with Gasteiger partial charge in [0.1, 0.15) is 5.75 Å². The predicted molar refractivity (Wildman–Crippen MR) is 86.6 cm³/mol. The standard InChI is InChI=1S/C17H13BrN2O2/c18-14-9-11(7-8-15(14)21)17-19-16(20-22-17)13-6-2-4-10-3-1-5-12(10)13/h2,4,6-9,21H,1,3,5H2. The van der Waals surface area contributed by atoms with Crippen molar-refractivity contribution >= 4 is 15.9 Å². The quantitative estimate of drug-likeness (QED) is 0.740. The highest BCUT2D eigenvalue weighted by atomic mass is 79.9. The highest BCUT2D eigenvalue weighted by Gasteiger charge is 2.19. The van der Waals surface area contributed by atoms with E-state index in [1.54, 1.807) is 18.2 Å². The molecule has 0 aliphatic heterocycles. The van der Waals surface area contributed by atoms with Crippen molar-refractivity contribution in [3.8, 4) is 28.6 Å². The molecule has 0 radical (unpaired) electrons. The van der Waals surface area contributed by atoms with Crippen LogP contribution in [-0.4, -0.2) is 15.2 Å². The molecule has 0 amide bonds. The summed E-state index contributed by atoms with van der Waals surface area (Å²) in [7, 11) is 0. The third kappa shape index (κ3) is 2.22. The van der Waals surface area contributed by atoms with Crippen LogP contribution in [0.1, 0.15) is 17.5 Å². The van der Waals surface area contributed by atoms with Crippen LogP contribution in [0.25, 0.3) is 22.8 Å². The van der Waals surface area contributed by atoms with Crippen LogP contribution in [0, 0.1) is 0 Å². The molecule has 1 heterocycles. The Morgan fingerprint density at radius 2 is 2.05 bits per heavy atom. The lowest BCUT2D eigenvalue weighted by molar-refractivity contribution is 0.432. The number of rotatable bonds is 2. The lowest BCUT2D eigenvalue weighted by Gasteiger charge is -2.03. The SMILES string of the molecule is Oc1ccc(-c2nc(-c3cccc4c3CCC4)no2)cc1Br. The summed E-state index contributed by atoms with van der Waals surface area (Å²) in [4.78, 5) is 4.52. The maximum absolute atomic E-state index is 9.57. The minimum atomic E-state index is 0.185. The zero-order valence-corrected chi connectivity index (χ0v) is 13.3. The van der Waals surface area contributed by atoms with E-state index in [1.165, 1.54) is 17.5 Å². The molecule has 0 saturated heterocycles. The van der Waals surface area contributed by atoms with Crippen molar-refractivity contribution in [2.75, 3.05) is 0 Å². The number of nitrogens with zero attached hydrogens (tertiary/aromatic N) is 2. The molecule has 22 heavy (non-hydrogen) atoms. The first-order valence-electron chi connectivity index (χ1n) is 7.16. The number of fused-ring (bicyclic) bond motifs is 1. The number of hydrogen-bond acceptors (Lipinski definition) is 4. The fourth-order valence-electron chi connectivity index (χ4n) is 2.92. The lowest BCUT2D eigenvalue weighted by atomic mass is 10.0. The second-order valence-corrected chi connectivity index (χ2v) is 6.24. The maximum Gasteiger partial charge on any atom is 0.258 e. The van der Waals surface area contributed by atoms with E-state index in [0.717, 1.165) is 24.0 Å². The zero-order chi connectivity index (χ0) is 15.1. The molecule has 0 spiro atoms. The van der Waals surface area contributed by atoms with E-state index in [4.69, 9.17) is 4.52 Å². The molecule has 0 atom stereocenters. The second-order valence-electron chi connectivity index (χ2n) is 5.39. The van der Waals surface area contributed by atoms with Gasteiger partial charge in [0.2, 0.25) is 5.82 Å². The van der Waals surface area contributed by atoms with Crippen LogP contribution in [0.3, 0.4) is 0 Å². The molecule has 4 rings (SSSR count). The van der Waals surface area contributed by atoms with E-state index in [0.29, 0.717) is 16.2 Å². The van der Waals surface area contributed by atoms with Gasteiger partial charge in [-0.1, -0.05) is 23.4 Å². The summed E-state index contributed by atoms with van der Waals surface area (Å²) in [6.07, 6.45) is 3.38. The summed E-state index contributed by atoms with van der Waals surface area (Å²) in [6.45, 7) is 0. The van der Waals surface area contributed by atoms with Crippen LogP contribution in [0.15, 0.2) is 45.4 Å². The van der Waals surface area contributed by atoms with Crippen molar-refractivity contribution in [3.05, 3.63) is 52.0 Å². The van der Waals surface area contributed by atoms with Gasteiger partial charge < -0.3 is 9.63 Å². The molecule has 5 heteroatoms. The molecular weight excluding hydrogens is 344 g/mol. The lowest BCUT2D eigenvalue weighted by Crippen LogP contribution is -1.90. The summed E-state index contributed by atoms with van der Waals surface area (Å²) < 4.78 is 6.00. The van der Waals surface area contributed by atoms with Gasteiger partial charge in [-0.05, 0) is 64.5 Å². The summed E-state index contributed by atoms with van der Waals surface area (Å²) in [5.74, 6) is 1.26. The Morgan fingerprint density at radius 3 is 2.91 bits per heavy atom. The van der Waals surface area contributed by atoms with E-state index < -0.39 is 0 Å². The molecule has 0 bridgehead atoms. The molecule has 0 saturated carbocycles. The molecule has 1 aromatic heterocycles. The molecule has 1 aliphatic rings. The van der Waals surface area contributed by atoms with Crippen molar-refractivity contribution in [2.45, 2.75) is 19.3 Å². The average Bonchev–Trinajstić information content (AvgIpc) is 3.18. The molecule has 1 N–H and O–H groups in total. The predicted octanol–water partition coefficient (Wildman–Crippen LogP) is 4.36. The smallest absolute Gasteiger partial charge is 0.258 e. The van der Waals surface area contributed by atoms with E-state index in [9.17, 15) is 5.11 Å². The van der Waals surface area contributed by atoms with Gasteiger partial charge in [0, 0.05) is 11.1 Å². The minimum absolute atomic E-state index is 0.185. The van der Waals surface area contributed by atoms with Crippen LogP contribution in [0.5, 0.6) is 5.75 Å². The minimum Gasteiger partial charge on any atom is -0.507 e. The van der Waals surface area contributed by atoms with Crippen LogP contribution >= 0.6 is 15.9 Å². The first-order valence-corrected chi connectivity index (χ1v) is 7.95. The Kier molecular flexibility index (Phi) is 3.22. The number of hydrogen-bond donors (Lipinski definition) is 1. The Hall–Kier alpha value is -2.14. The fourth-order valence-corrected chi connectivity index (χ4v) is 3.30. The van der Waals surface area contributed by atoms with E-state index in [-0.39, 0.29) is 5.75 Å². The van der Waals surface area contributed by atoms with Gasteiger partial charge >= 0.3 is 0 Å². The second kappa shape index (κ2) is 5.25. The van der Waals surface area contributed by atoms with Crippen molar-refractivity contribution < 1.29 is 9.63 Å². The summed E-state index contributed by atoms with van der Waals surface area (Å²) in [5.41, 5.74) is 4.55. The number of aryl methyl sites for hydroxylation is 1. The maximum atomic E-state index is 9.57. The van der Waals surface area contributed by atoms with Crippen LogP contribution < -0.4 is 0 Å². The number of phenols is 1. The van der Waals surface area contributed by atoms with Crippen molar-refractivity contribution in [2.24, 2.45) is 0 Å². The van der Waals surface area contributed by atoms with Crippen molar-refractivity contribution in [3.63, 3.8) is 0 Å². The molecule has 2 aromatic carbocycles. The van der Waals surface area contributed by atoms with Crippen LogP contribution in [0.4, 0.5) is 0 Å². The van der Waals surface area contributed by atoms with E-state index >= 15 is 0 Å². The third-order valence-electron chi connectivity index (χ3n) is 4.01. The molecule has 4 nitrogen and oxygen atoms in total. The van der Waals surface area contributed by atoms with Gasteiger partial charge in [-0.3, -0.25) is 0 Å². The highest BCUT2D eigenvalue weighted by molar-refractivity contribution is 9.10. The Morgan fingerprint density at radius 1 is 1.14 bits per heavy atom. The number of aromatic hydroxyl groups is 1. The molecule has 0 unspecified atom stereocenters. The van der Waals surface area contributed by atoms with Gasteiger partial charge in [0.25, 0.3) is 5.89 Å². The monoisotopic (exact) mass is 356 g/mol. The fraction of sp³-hybridized carbons (Fsp3) is 0.176. The Balaban J connectivity index is 1.76. The summed E-state index contributed by atoms with van der Waals surface area (Å²) in [5, 5.41) is 13.7. The molecule has 1 aliphatic carbocycles. The molecule has 0 fully saturated rings. The Labute approximate surface area is 135 Å². The zero-order valence-electron chi connectivity index (χ0n) is 11.7. The topological polar surface area (TPSA) is 59.2 Å². The van der Waals surface area contributed by atoms with Crippen LogP contribution in [-0.2, 0) is 12.8 Å². The Bertz CT molecular complexity index is 858. The average molecular weight is 357 g/mol. The van der Waals surface area contributed by atoms with Crippen LogP contribution in [0.2, 0.25) is 0 Å². The van der Waals surface area contributed by atoms with Gasteiger partial charge in [-0.15, -0.1) is 0 Å². The van der Waals surface area contributed by atoms with Crippen molar-refractivity contribution in [1.29, 1.82) is 0 Å². The first-order chi connectivity index (χ1) is 10.7. The largest absolute Gasteiger partial charge is 0.507 e. The van der Waals surface area contributed by atoms with Crippen molar-refractivity contribution in [1.82, 2.24) is 10.1 Å². The first kappa shape index (κ1) is 13.5. The molecule has 110 valence electrons. The molecular formula is C17H13BrN2O2. The molecule has 3 aromatic rings. The van der Waals surface area contributed by atoms with E-state index in [1.807, 2.05) is 12.1 Å². The normalized spacial score (nSPS) is 13.3. The summed E-state index contributed by atoms with van der Waals surface area (Å²) in [6, 6.07) is 11.4. The summed E-state index contributed by atoms with van der Waals surface area (Å²) >= 11 is 3.30. The van der Waals surface area contributed by atoms with Gasteiger partial charge in [0.15, 0.2) is 0 Å². The number of halogens is 1. The number of benzene rings is 2. The van der Waals surface area contributed by atoms with Gasteiger partial charge in [-0.2, -0.15) is 4.98 Å². The van der Waals surface area contributed by atoms with E-state index in [2.05, 4.69) is 32.1 Å². The van der Waals surface area contributed by atoms with Gasteiger partial charge in [0.05, 0.1) is 4.47 Å². The van der Waals surface area contributed by atoms with Gasteiger partial charge in [-0.25, -0.2) is 0 Å². The number of phenolic OH excluding ortho intramolecular Hbond substituents is 1. The highest BCUT2D eigenvalue weighted by Crippen LogP contribution is 2.33.